The van der Waals surface area contributed by atoms with Gasteiger partial charge in [-0.05, 0) is 135 Å². The Morgan fingerprint density at radius 1 is 0.354 bits per heavy atom. The molecule has 2 aliphatic heterocycles. The average Bonchev–Trinajstić information content (AvgIpc) is 3.82. The third-order valence-electron chi connectivity index (χ3n) is 14.7. The van der Waals surface area contributed by atoms with Crippen LogP contribution in [0.5, 0.6) is 17.2 Å². The van der Waals surface area contributed by atoms with Crippen LogP contribution < -0.4 is 14.4 Å². The molecule has 3 heteroatoms. The quantitative estimate of drug-likeness (QED) is 0.176. The smallest absolute Gasteiger partial charge is 0.132 e. The number of para-hydroxylation sites is 3. The molecule has 3 nitrogen and oxygen atoms in total. The van der Waals surface area contributed by atoms with Crippen LogP contribution in [0.3, 0.4) is 0 Å². The minimum atomic E-state index is -0.594. The summed E-state index contributed by atoms with van der Waals surface area (Å²) >= 11 is 0. The molecule has 0 saturated carbocycles. The van der Waals surface area contributed by atoms with E-state index in [2.05, 4.69) is 229 Å². The molecular weight excluding hydrogens is 791 g/mol. The Kier molecular flexibility index (Phi) is 7.65. The van der Waals surface area contributed by atoms with Gasteiger partial charge in [-0.1, -0.05) is 164 Å². The van der Waals surface area contributed by atoms with Gasteiger partial charge in [0.25, 0.3) is 0 Å². The number of nitrogens with zero attached hydrogens (tertiary/aromatic N) is 1. The SMILES string of the molecule is C1=CC2=C(CC1)C1(c3ccccc3O2)c2ccccc2-c2ccc(N(c3ccc(-c4ccccc4)cc3)c3ccc4c(c3)C3(c5ccccc5Oc5ccccc53)c3ccccc3-4)cc21. The maximum absolute atomic E-state index is 6.76. The zero-order valence-electron chi connectivity index (χ0n) is 35.5. The summed E-state index contributed by atoms with van der Waals surface area (Å²) < 4.78 is 13.5. The first-order chi connectivity index (χ1) is 32.2. The first-order valence-corrected chi connectivity index (χ1v) is 22.7. The number of allylic oxidation sites excluding steroid dienone is 3. The molecule has 65 heavy (non-hydrogen) atoms. The highest BCUT2D eigenvalue weighted by atomic mass is 16.5. The Morgan fingerprint density at radius 3 is 1.42 bits per heavy atom. The van der Waals surface area contributed by atoms with Crippen LogP contribution in [-0.2, 0) is 10.8 Å². The Morgan fingerprint density at radius 2 is 0.800 bits per heavy atom. The van der Waals surface area contributed by atoms with Gasteiger partial charge in [0, 0.05) is 33.8 Å². The van der Waals surface area contributed by atoms with Gasteiger partial charge in [0.1, 0.15) is 23.0 Å². The van der Waals surface area contributed by atoms with Gasteiger partial charge in [0.2, 0.25) is 0 Å². The lowest BCUT2D eigenvalue weighted by Crippen LogP contribution is -2.35. The highest BCUT2D eigenvalue weighted by Gasteiger charge is 2.53. The molecule has 0 bridgehead atoms. The second-order valence-electron chi connectivity index (χ2n) is 17.8. The van der Waals surface area contributed by atoms with E-state index >= 15 is 0 Å². The third kappa shape index (κ3) is 4.90. The molecule has 0 fully saturated rings. The highest BCUT2D eigenvalue weighted by molar-refractivity contribution is 5.94. The largest absolute Gasteiger partial charge is 0.457 e. The first kappa shape index (κ1) is 36.4. The number of rotatable bonds is 4. The van der Waals surface area contributed by atoms with E-state index in [1.807, 2.05) is 0 Å². The molecule has 1 unspecified atom stereocenters. The van der Waals surface area contributed by atoms with Crippen molar-refractivity contribution in [2.75, 3.05) is 4.90 Å². The van der Waals surface area contributed by atoms with Crippen molar-refractivity contribution in [1.29, 1.82) is 0 Å². The highest BCUT2D eigenvalue weighted by Crippen LogP contribution is 2.64. The van der Waals surface area contributed by atoms with Crippen molar-refractivity contribution in [1.82, 2.24) is 0 Å². The van der Waals surface area contributed by atoms with Crippen molar-refractivity contribution in [2.24, 2.45) is 0 Å². The van der Waals surface area contributed by atoms with Gasteiger partial charge in [-0.15, -0.1) is 0 Å². The first-order valence-electron chi connectivity index (χ1n) is 22.7. The molecule has 306 valence electrons. The van der Waals surface area contributed by atoms with Crippen LogP contribution in [0, 0.1) is 0 Å². The van der Waals surface area contributed by atoms with Gasteiger partial charge in [-0.3, -0.25) is 0 Å². The van der Waals surface area contributed by atoms with E-state index in [-0.39, 0.29) is 0 Å². The number of benzene rings is 9. The number of hydrogen-bond donors (Lipinski definition) is 0. The number of hydrogen-bond acceptors (Lipinski definition) is 3. The molecule has 0 N–H and O–H groups in total. The minimum absolute atomic E-state index is 0.515. The van der Waals surface area contributed by atoms with Crippen molar-refractivity contribution in [2.45, 2.75) is 23.7 Å². The van der Waals surface area contributed by atoms with Gasteiger partial charge >= 0.3 is 0 Å². The lowest BCUT2D eigenvalue weighted by Gasteiger charge is -2.42. The molecule has 2 spiro atoms. The average molecular weight is 832 g/mol. The number of anilines is 3. The van der Waals surface area contributed by atoms with Crippen LogP contribution in [0.1, 0.15) is 51.8 Å². The summed E-state index contributed by atoms with van der Waals surface area (Å²) in [4.78, 5) is 2.47. The minimum Gasteiger partial charge on any atom is -0.457 e. The monoisotopic (exact) mass is 831 g/mol. The Hall–Kier alpha value is -8.14. The Bertz CT molecular complexity index is 3460. The molecule has 5 aliphatic rings. The summed E-state index contributed by atoms with van der Waals surface area (Å²) in [6.45, 7) is 0. The molecule has 0 aromatic heterocycles. The van der Waals surface area contributed by atoms with Crippen LogP contribution in [-0.4, -0.2) is 0 Å². The predicted molar refractivity (Wildman–Crippen MR) is 262 cm³/mol. The predicted octanol–water partition coefficient (Wildman–Crippen LogP) is 15.6. The number of fused-ring (bicyclic) bond motifs is 17. The standard InChI is InChI=1S/C62H41NO2/c1-2-16-40(17-3-1)41-30-32-42(33-31-41)63(43-34-36-47-45-18-4-6-20-49(45)61(55(47)38-43)51-22-8-12-26-57(51)64-58-27-13-9-23-52(58)61)44-35-37-48-46-19-5-7-21-50(46)62(56(48)39-44)53-24-10-14-28-59(53)65-60-29-15-11-25-54(60)62/h1-10,12-24,26-39H,11,25H2. The number of ether oxygens (including phenoxy) is 2. The Labute approximate surface area is 378 Å². The molecule has 0 radical (unpaired) electrons. The summed E-state index contributed by atoms with van der Waals surface area (Å²) in [6.07, 6.45) is 6.35. The van der Waals surface area contributed by atoms with Gasteiger partial charge in [0.15, 0.2) is 0 Å². The molecule has 2 heterocycles. The van der Waals surface area contributed by atoms with Crippen molar-refractivity contribution in [3.8, 4) is 50.6 Å². The molecule has 9 aromatic rings. The maximum atomic E-state index is 6.76. The molecule has 3 aliphatic carbocycles. The van der Waals surface area contributed by atoms with Crippen molar-refractivity contribution in [3.63, 3.8) is 0 Å². The molecule has 9 aromatic carbocycles. The van der Waals surface area contributed by atoms with Crippen LogP contribution in [0.25, 0.3) is 33.4 Å². The van der Waals surface area contributed by atoms with E-state index in [4.69, 9.17) is 9.47 Å². The van der Waals surface area contributed by atoms with Crippen molar-refractivity contribution in [3.05, 3.63) is 275 Å². The van der Waals surface area contributed by atoms with Crippen molar-refractivity contribution >= 4 is 17.1 Å². The third-order valence-corrected chi connectivity index (χ3v) is 14.7. The molecule has 0 saturated heterocycles. The van der Waals surface area contributed by atoms with Crippen molar-refractivity contribution < 1.29 is 9.47 Å². The van der Waals surface area contributed by atoms with E-state index in [1.54, 1.807) is 0 Å². The van der Waals surface area contributed by atoms with Crippen LogP contribution in [0.2, 0.25) is 0 Å². The molecule has 14 rings (SSSR count). The normalized spacial score (nSPS) is 17.1. The van der Waals surface area contributed by atoms with Gasteiger partial charge < -0.3 is 14.4 Å². The summed E-state index contributed by atoms with van der Waals surface area (Å²) in [6, 6.07) is 78.0. The summed E-state index contributed by atoms with van der Waals surface area (Å²) in [5.41, 5.74) is 19.5. The van der Waals surface area contributed by atoms with E-state index < -0.39 is 10.8 Å². The second kappa shape index (κ2) is 13.7. The molecule has 1 atom stereocenters. The zero-order chi connectivity index (χ0) is 42.7. The second-order valence-corrected chi connectivity index (χ2v) is 17.8. The van der Waals surface area contributed by atoms with Gasteiger partial charge in [0.05, 0.1) is 10.8 Å². The maximum Gasteiger partial charge on any atom is 0.132 e. The fraction of sp³-hybridized carbons (Fsp3) is 0.0645. The lowest BCUT2D eigenvalue weighted by molar-refractivity contribution is 0.389. The summed E-state index contributed by atoms with van der Waals surface area (Å²) in [5, 5.41) is 0. The van der Waals surface area contributed by atoms with E-state index in [9.17, 15) is 0 Å². The van der Waals surface area contributed by atoms with E-state index in [1.165, 1.54) is 66.8 Å². The Balaban J connectivity index is 1.04. The fourth-order valence-corrected chi connectivity index (χ4v) is 12.1. The lowest BCUT2D eigenvalue weighted by atomic mass is 9.64. The fourth-order valence-electron chi connectivity index (χ4n) is 12.1. The van der Waals surface area contributed by atoms with E-state index in [0.717, 1.165) is 64.0 Å². The van der Waals surface area contributed by atoms with Crippen LogP contribution in [0.4, 0.5) is 17.1 Å². The van der Waals surface area contributed by atoms with Gasteiger partial charge in [-0.2, -0.15) is 0 Å². The van der Waals surface area contributed by atoms with Crippen LogP contribution in [0.15, 0.2) is 236 Å². The van der Waals surface area contributed by atoms with Gasteiger partial charge in [-0.25, -0.2) is 0 Å². The summed E-state index contributed by atoms with van der Waals surface area (Å²) in [7, 11) is 0. The van der Waals surface area contributed by atoms with Crippen LogP contribution >= 0.6 is 0 Å². The zero-order valence-corrected chi connectivity index (χ0v) is 35.5. The topological polar surface area (TPSA) is 21.7 Å². The molecular formula is C62H41NO2. The van der Waals surface area contributed by atoms with E-state index in [0.29, 0.717) is 0 Å². The summed E-state index contributed by atoms with van der Waals surface area (Å²) in [5.74, 6) is 3.66. The molecule has 0 amide bonds.